The van der Waals surface area contributed by atoms with Crippen molar-refractivity contribution in [3.05, 3.63) is 0 Å². The summed E-state index contributed by atoms with van der Waals surface area (Å²) in [7, 11) is 3.28. The van der Waals surface area contributed by atoms with E-state index in [2.05, 4.69) is 11.4 Å². The van der Waals surface area contributed by atoms with Gasteiger partial charge in [-0.05, 0) is 19.8 Å². The third kappa shape index (κ3) is 4.55. The molecule has 0 aliphatic heterocycles. The molecule has 1 N–H and O–H groups in total. The minimum absolute atomic E-state index is 0.173. The Bertz CT molecular complexity index is 352. The molecule has 5 nitrogen and oxygen atoms in total. The van der Waals surface area contributed by atoms with Gasteiger partial charge in [0.25, 0.3) is 0 Å². The molecule has 0 radical (unpaired) electrons. The fourth-order valence-electron chi connectivity index (χ4n) is 2.15. The first-order chi connectivity index (χ1) is 8.84. The molecule has 0 heterocycles. The SMILES string of the molecule is CCCC(C#N)(CCC)C(=O)NC(C)C(=O)N(C)C. The van der Waals surface area contributed by atoms with Crippen molar-refractivity contribution in [1.29, 1.82) is 5.26 Å². The number of hydrogen-bond donors (Lipinski definition) is 1. The third-order valence-corrected chi connectivity index (χ3v) is 3.16. The predicted molar refractivity (Wildman–Crippen MR) is 74.2 cm³/mol. The van der Waals surface area contributed by atoms with Crippen LogP contribution in [0.3, 0.4) is 0 Å². The van der Waals surface area contributed by atoms with Gasteiger partial charge < -0.3 is 10.2 Å². The van der Waals surface area contributed by atoms with Crippen LogP contribution in [-0.4, -0.2) is 36.9 Å². The zero-order chi connectivity index (χ0) is 15.1. The summed E-state index contributed by atoms with van der Waals surface area (Å²) in [5.74, 6) is -0.505. The molecule has 0 aliphatic rings. The summed E-state index contributed by atoms with van der Waals surface area (Å²) in [4.78, 5) is 25.5. The Morgan fingerprint density at radius 3 is 2.05 bits per heavy atom. The van der Waals surface area contributed by atoms with E-state index in [-0.39, 0.29) is 11.8 Å². The number of carbonyl (C=O) groups excluding carboxylic acids is 2. The molecule has 1 atom stereocenters. The highest BCUT2D eigenvalue weighted by Crippen LogP contribution is 2.29. The molecule has 0 saturated heterocycles. The van der Waals surface area contributed by atoms with Gasteiger partial charge in [-0.2, -0.15) is 5.26 Å². The highest BCUT2D eigenvalue weighted by atomic mass is 16.2. The van der Waals surface area contributed by atoms with Crippen LogP contribution in [0.2, 0.25) is 0 Å². The highest BCUT2D eigenvalue weighted by molar-refractivity contribution is 5.91. The van der Waals surface area contributed by atoms with Crippen molar-refractivity contribution in [2.45, 2.75) is 52.5 Å². The molecular weight excluding hydrogens is 242 g/mol. The van der Waals surface area contributed by atoms with E-state index in [1.54, 1.807) is 21.0 Å². The van der Waals surface area contributed by atoms with Crippen molar-refractivity contribution in [3.8, 4) is 6.07 Å². The maximum absolute atomic E-state index is 12.3. The Hall–Kier alpha value is -1.57. The minimum atomic E-state index is -1.01. The van der Waals surface area contributed by atoms with E-state index >= 15 is 0 Å². The number of likely N-dealkylation sites (N-methyl/N-ethyl adjacent to an activating group) is 1. The third-order valence-electron chi connectivity index (χ3n) is 3.16. The lowest BCUT2D eigenvalue weighted by Crippen LogP contribution is -2.49. The maximum Gasteiger partial charge on any atom is 0.244 e. The van der Waals surface area contributed by atoms with Crippen LogP contribution in [0.4, 0.5) is 0 Å². The fraction of sp³-hybridized carbons (Fsp3) is 0.786. The van der Waals surface area contributed by atoms with E-state index in [9.17, 15) is 14.9 Å². The second kappa shape index (κ2) is 7.78. The number of nitriles is 1. The van der Waals surface area contributed by atoms with E-state index in [1.165, 1.54) is 4.90 Å². The molecule has 108 valence electrons. The molecule has 0 saturated carbocycles. The van der Waals surface area contributed by atoms with Crippen LogP contribution in [-0.2, 0) is 9.59 Å². The summed E-state index contributed by atoms with van der Waals surface area (Å²) in [6, 6.07) is 1.55. The van der Waals surface area contributed by atoms with E-state index in [0.29, 0.717) is 12.8 Å². The molecular formula is C14H25N3O2. The van der Waals surface area contributed by atoms with E-state index in [1.807, 2.05) is 13.8 Å². The fourth-order valence-corrected chi connectivity index (χ4v) is 2.15. The predicted octanol–water partition coefficient (Wildman–Crippen LogP) is 1.69. The van der Waals surface area contributed by atoms with Gasteiger partial charge in [-0.1, -0.05) is 26.7 Å². The molecule has 2 amide bonds. The molecule has 0 rings (SSSR count). The van der Waals surface area contributed by atoms with Crippen LogP contribution in [0.25, 0.3) is 0 Å². The second-order valence-corrected chi connectivity index (χ2v) is 5.12. The largest absolute Gasteiger partial charge is 0.347 e. The van der Waals surface area contributed by atoms with Crippen LogP contribution in [0, 0.1) is 16.7 Å². The topological polar surface area (TPSA) is 73.2 Å². The van der Waals surface area contributed by atoms with Crippen molar-refractivity contribution in [2.24, 2.45) is 5.41 Å². The van der Waals surface area contributed by atoms with Crippen LogP contribution < -0.4 is 5.32 Å². The van der Waals surface area contributed by atoms with Crippen molar-refractivity contribution >= 4 is 11.8 Å². The molecule has 0 aromatic carbocycles. The standard InChI is InChI=1S/C14H25N3O2/c1-6-8-14(10-15,9-7-2)13(19)16-11(3)12(18)17(4)5/h11H,6-9H2,1-5H3,(H,16,19). The average molecular weight is 267 g/mol. The number of nitrogens with zero attached hydrogens (tertiary/aromatic N) is 2. The quantitative estimate of drug-likeness (QED) is 0.763. The molecule has 0 bridgehead atoms. The Labute approximate surface area is 116 Å². The van der Waals surface area contributed by atoms with Crippen LogP contribution in [0.1, 0.15) is 46.5 Å². The monoisotopic (exact) mass is 267 g/mol. The summed E-state index contributed by atoms with van der Waals surface area (Å²) < 4.78 is 0. The van der Waals surface area contributed by atoms with Gasteiger partial charge in [0.2, 0.25) is 11.8 Å². The van der Waals surface area contributed by atoms with E-state index in [0.717, 1.165) is 12.8 Å². The van der Waals surface area contributed by atoms with Gasteiger partial charge in [0.05, 0.1) is 6.07 Å². The van der Waals surface area contributed by atoms with Gasteiger partial charge in [-0.3, -0.25) is 9.59 Å². The molecule has 0 aromatic rings. The number of rotatable bonds is 7. The number of carbonyl (C=O) groups is 2. The van der Waals surface area contributed by atoms with Crippen molar-refractivity contribution < 1.29 is 9.59 Å². The average Bonchev–Trinajstić information content (AvgIpc) is 2.36. The molecule has 0 fully saturated rings. The first-order valence-electron chi connectivity index (χ1n) is 6.78. The molecule has 0 aromatic heterocycles. The lowest BCUT2D eigenvalue weighted by atomic mass is 9.79. The molecule has 0 aliphatic carbocycles. The molecule has 0 spiro atoms. The zero-order valence-corrected chi connectivity index (χ0v) is 12.6. The second-order valence-electron chi connectivity index (χ2n) is 5.12. The minimum Gasteiger partial charge on any atom is -0.347 e. The summed E-state index contributed by atoms with van der Waals surface area (Å²) in [6.45, 7) is 5.53. The maximum atomic E-state index is 12.3. The normalized spacial score (nSPS) is 12.4. The van der Waals surface area contributed by atoms with Gasteiger partial charge in [0.1, 0.15) is 11.5 Å². The van der Waals surface area contributed by atoms with Gasteiger partial charge >= 0.3 is 0 Å². The van der Waals surface area contributed by atoms with Crippen molar-refractivity contribution in [1.82, 2.24) is 10.2 Å². The Morgan fingerprint density at radius 2 is 1.74 bits per heavy atom. The lowest BCUT2D eigenvalue weighted by Gasteiger charge is -2.27. The first kappa shape index (κ1) is 17.4. The van der Waals surface area contributed by atoms with Gasteiger partial charge in [0.15, 0.2) is 0 Å². The van der Waals surface area contributed by atoms with Crippen LogP contribution in [0.15, 0.2) is 0 Å². The number of amides is 2. The Morgan fingerprint density at radius 1 is 1.26 bits per heavy atom. The molecule has 1 unspecified atom stereocenters. The van der Waals surface area contributed by atoms with Crippen LogP contribution >= 0.6 is 0 Å². The Balaban J connectivity index is 4.93. The van der Waals surface area contributed by atoms with E-state index < -0.39 is 11.5 Å². The summed E-state index contributed by atoms with van der Waals surface area (Å²) >= 11 is 0. The van der Waals surface area contributed by atoms with Crippen molar-refractivity contribution in [2.75, 3.05) is 14.1 Å². The summed E-state index contributed by atoms with van der Waals surface area (Å²) in [5.41, 5.74) is -1.01. The zero-order valence-electron chi connectivity index (χ0n) is 12.6. The van der Waals surface area contributed by atoms with Gasteiger partial charge in [-0.25, -0.2) is 0 Å². The first-order valence-corrected chi connectivity index (χ1v) is 6.78. The van der Waals surface area contributed by atoms with Gasteiger partial charge in [-0.15, -0.1) is 0 Å². The Kier molecular flexibility index (Phi) is 7.13. The number of nitrogens with one attached hydrogen (secondary N) is 1. The number of hydrogen-bond acceptors (Lipinski definition) is 3. The molecule has 19 heavy (non-hydrogen) atoms. The van der Waals surface area contributed by atoms with Crippen molar-refractivity contribution in [3.63, 3.8) is 0 Å². The lowest BCUT2D eigenvalue weighted by molar-refractivity contribution is -0.136. The van der Waals surface area contributed by atoms with Crippen LogP contribution in [0.5, 0.6) is 0 Å². The van der Waals surface area contributed by atoms with Gasteiger partial charge in [0, 0.05) is 14.1 Å². The van der Waals surface area contributed by atoms with E-state index in [4.69, 9.17) is 0 Å². The smallest absolute Gasteiger partial charge is 0.244 e. The highest BCUT2D eigenvalue weighted by Gasteiger charge is 2.38. The summed E-state index contributed by atoms with van der Waals surface area (Å²) in [6.07, 6.45) is 2.56. The summed E-state index contributed by atoms with van der Waals surface area (Å²) in [5, 5.41) is 12.0. The molecule has 5 heteroatoms.